The van der Waals surface area contributed by atoms with E-state index in [9.17, 15) is 4.79 Å². The van der Waals surface area contributed by atoms with Crippen LogP contribution >= 0.6 is 11.3 Å². The van der Waals surface area contributed by atoms with Crippen molar-refractivity contribution in [3.05, 3.63) is 5.01 Å². The van der Waals surface area contributed by atoms with E-state index in [1.165, 1.54) is 43.4 Å². The summed E-state index contributed by atoms with van der Waals surface area (Å²) in [5, 5.41) is 15.3. The summed E-state index contributed by atoms with van der Waals surface area (Å²) in [6.07, 6.45) is 7.37. The number of aromatic nitrogens is 2. The Labute approximate surface area is 124 Å². The number of nitrogens with zero attached hydrogens (tertiary/aromatic N) is 2. The van der Waals surface area contributed by atoms with Crippen molar-refractivity contribution in [3.8, 4) is 0 Å². The minimum Gasteiger partial charge on any atom is -0.360 e. The van der Waals surface area contributed by atoms with E-state index in [0.29, 0.717) is 16.1 Å². The summed E-state index contributed by atoms with van der Waals surface area (Å²) in [5.41, 5.74) is 0. The van der Waals surface area contributed by atoms with Crippen molar-refractivity contribution in [2.45, 2.75) is 58.4 Å². The second-order valence-corrected chi connectivity index (χ2v) is 6.31. The first kappa shape index (κ1) is 15.2. The van der Waals surface area contributed by atoms with Crippen LogP contribution in [0.4, 0.5) is 5.13 Å². The Morgan fingerprint density at radius 2 is 2.05 bits per heavy atom. The minimum atomic E-state index is -0.0796. The van der Waals surface area contributed by atoms with E-state index in [0.717, 1.165) is 13.0 Å². The molecule has 1 heterocycles. The number of rotatable bonds is 6. The molecule has 0 saturated heterocycles. The fourth-order valence-corrected chi connectivity index (χ4v) is 3.57. The normalized spacial score (nSPS) is 17.7. The number of hydrogen-bond acceptors (Lipinski definition) is 5. The Hall–Kier alpha value is -1.17. The van der Waals surface area contributed by atoms with E-state index in [4.69, 9.17) is 0 Å². The molecule has 1 aromatic heterocycles. The molecular formula is C14H24N4OS. The van der Waals surface area contributed by atoms with Gasteiger partial charge in [0, 0.05) is 12.6 Å². The van der Waals surface area contributed by atoms with Crippen LogP contribution < -0.4 is 10.6 Å². The largest absolute Gasteiger partial charge is 0.360 e. The number of carbonyl (C=O) groups is 1. The molecule has 1 amide bonds. The Kier molecular flexibility index (Phi) is 5.76. The van der Waals surface area contributed by atoms with E-state index >= 15 is 0 Å². The van der Waals surface area contributed by atoms with Gasteiger partial charge >= 0.3 is 0 Å². The molecule has 1 unspecified atom stereocenters. The lowest BCUT2D eigenvalue weighted by atomic mass is 9.83. The fourth-order valence-electron chi connectivity index (χ4n) is 2.86. The van der Waals surface area contributed by atoms with Crippen molar-refractivity contribution < 1.29 is 4.79 Å². The molecule has 0 aromatic carbocycles. The van der Waals surface area contributed by atoms with Crippen molar-refractivity contribution in [1.82, 2.24) is 15.5 Å². The maximum absolute atomic E-state index is 12.2. The lowest BCUT2D eigenvalue weighted by molar-refractivity contribution is 0.0910. The van der Waals surface area contributed by atoms with Gasteiger partial charge in [-0.3, -0.25) is 4.79 Å². The summed E-state index contributed by atoms with van der Waals surface area (Å²) >= 11 is 1.32. The predicted molar refractivity (Wildman–Crippen MR) is 82.2 cm³/mol. The zero-order valence-electron chi connectivity index (χ0n) is 12.3. The zero-order valence-corrected chi connectivity index (χ0v) is 13.1. The SMILES string of the molecule is CCNc1nnc(C(=O)NC(CC)C2CCCCC2)s1. The summed E-state index contributed by atoms with van der Waals surface area (Å²) in [7, 11) is 0. The molecule has 0 aliphatic heterocycles. The van der Waals surface area contributed by atoms with E-state index < -0.39 is 0 Å². The third-order valence-electron chi connectivity index (χ3n) is 3.92. The van der Waals surface area contributed by atoms with Crippen LogP contribution in [0.1, 0.15) is 62.2 Å². The van der Waals surface area contributed by atoms with Crippen LogP contribution in [0.25, 0.3) is 0 Å². The van der Waals surface area contributed by atoms with Crippen LogP contribution in [-0.2, 0) is 0 Å². The maximum atomic E-state index is 12.2. The molecule has 2 N–H and O–H groups in total. The average Bonchev–Trinajstić information content (AvgIpc) is 2.94. The highest BCUT2D eigenvalue weighted by Gasteiger charge is 2.25. The van der Waals surface area contributed by atoms with E-state index in [2.05, 4.69) is 27.8 Å². The van der Waals surface area contributed by atoms with Crippen molar-refractivity contribution in [3.63, 3.8) is 0 Å². The summed E-state index contributed by atoms with van der Waals surface area (Å²) in [4.78, 5) is 12.2. The topological polar surface area (TPSA) is 66.9 Å². The third-order valence-corrected chi connectivity index (χ3v) is 4.80. The Morgan fingerprint density at radius 3 is 2.70 bits per heavy atom. The smallest absolute Gasteiger partial charge is 0.282 e. The molecule has 1 aliphatic carbocycles. The first-order valence-corrected chi connectivity index (χ1v) is 8.44. The second kappa shape index (κ2) is 7.57. The molecule has 112 valence electrons. The van der Waals surface area contributed by atoms with Crippen molar-refractivity contribution in [2.24, 2.45) is 5.92 Å². The van der Waals surface area contributed by atoms with Gasteiger partial charge in [-0.25, -0.2) is 0 Å². The molecule has 1 atom stereocenters. The van der Waals surface area contributed by atoms with Gasteiger partial charge in [-0.15, -0.1) is 10.2 Å². The zero-order chi connectivity index (χ0) is 14.4. The monoisotopic (exact) mass is 296 g/mol. The minimum absolute atomic E-state index is 0.0796. The van der Waals surface area contributed by atoms with Crippen molar-refractivity contribution in [2.75, 3.05) is 11.9 Å². The highest BCUT2D eigenvalue weighted by atomic mass is 32.1. The third kappa shape index (κ3) is 3.91. The number of anilines is 1. The first-order valence-electron chi connectivity index (χ1n) is 7.62. The summed E-state index contributed by atoms with van der Waals surface area (Å²) < 4.78 is 0. The van der Waals surface area contributed by atoms with Gasteiger partial charge in [-0.05, 0) is 32.1 Å². The van der Waals surface area contributed by atoms with Crippen molar-refractivity contribution >= 4 is 22.4 Å². The molecule has 5 nitrogen and oxygen atoms in total. The van der Waals surface area contributed by atoms with Crippen molar-refractivity contribution in [1.29, 1.82) is 0 Å². The van der Waals surface area contributed by atoms with Gasteiger partial charge in [0.1, 0.15) is 0 Å². The number of carbonyl (C=O) groups excluding carboxylic acids is 1. The average molecular weight is 296 g/mol. The van der Waals surface area contributed by atoms with Gasteiger partial charge in [0.05, 0.1) is 0 Å². The molecule has 2 rings (SSSR count). The maximum Gasteiger partial charge on any atom is 0.282 e. The van der Waals surface area contributed by atoms with Crippen LogP contribution in [0.3, 0.4) is 0 Å². The summed E-state index contributed by atoms with van der Waals surface area (Å²) in [6, 6.07) is 0.272. The molecule has 1 saturated carbocycles. The van der Waals surface area contributed by atoms with Gasteiger partial charge in [-0.2, -0.15) is 0 Å². The molecule has 20 heavy (non-hydrogen) atoms. The van der Waals surface area contributed by atoms with E-state index in [-0.39, 0.29) is 11.9 Å². The Morgan fingerprint density at radius 1 is 1.30 bits per heavy atom. The van der Waals surface area contributed by atoms with E-state index in [1.807, 2.05) is 6.92 Å². The highest BCUT2D eigenvalue weighted by Crippen LogP contribution is 2.28. The molecule has 1 aliphatic rings. The standard InChI is InChI=1S/C14H24N4OS/c1-3-11(10-8-6-5-7-9-10)16-12(19)13-17-18-14(20-13)15-4-2/h10-11H,3-9H2,1-2H3,(H,15,18)(H,16,19). The van der Waals surface area contributed by atoms with Gasteiger partial charge in [-0.1, -0.05) is 37.5 Å². The van der Waals surface area contributed by atoms with Crippen LogP contribution in [0, 0.1) is 5.92 Å². The number of amides is 1. The fraction of sp³-hybridized carbons (Fsp3) is 0.786. The lowest BCUT2D eigenvalue weighted by Gasteiger charge is -2.29. The molecule has 0 spiro atoms. The lowest BCUT2D eigenvalue weighted by Crippen LogP contribution is -2.40. The second-order valence-electron chi connectivity index (χ2n) is 5.33. The number of nitrogens with one attached hydrogen (secondary N) is 2. The van der Waals surface area contributed by atoms with Crippen LogP contribution in [0.15, 0.2) is 0 Å². The van der Waals surface area contributed by atoms with Gasteiger partial charge in [0.25, 0.3) is 5.91 Å². The van der Waals surface area contributed by atoms with Crippen LogP contribution in [0.2, 0.25) is 0 Å². The summed E-state index contributed by atoms with van der Waals surface area (Å²) in [6.45, 7) is 4.93. The Balaban J connectivity index is 1.93. The summed E-state index contributed by atoms with van der Waals surface area (Å²) in [5.74, 6) is 0.544. The molecule has 6 heteroatoms. The van der Waals surface area contributed by atoms with Gasteiger partial charge in [0.2, 0.25) is 10.1 Å². The van der Waals surface area contributed by atoms with Gasteiger partial charge < -0.3 is 10.6 Å². The van der Waals surface area contributed by atoms with E-state index in [1.54, 1.807) is 0 Å². The number of hydrogen-bond donors (Lipinski definition) is 2. The molecular weight excluding hydrogens is 272 g/mol. The molecule has 1 fully saturated rings. The predicted octanol–water partition coefficient (Wildman–Crippen LogP) is 3.06. The Bertz CT molecular complexity index is 429. The molecule has 1 aromatic rings. The highest BCUT2D eigenvalue weighted by molar-refractivity contribution is 7.17. The molecule has 0 bridgehead atoms. The van der Waals surface area contributed by atoms with Crippen LogP contribution in [-0.4, -0.2) is 28.7 Å². The van der Waals surface area contributed by atoms with Crippen LogP contribution in [0.5, 0.6) is 0 Å². The first-order chi connectivity index (χ1) is 9.74. The molecule has 0 radical (unpaired) electrons. The quantitative estimate of drug-likeness (QED) is 0.846. The van der Waals surface area contributed by atoms with Gasteiger partial charge in [0.15, 0.2) is 0 Å².